The van der Waals surface area contributed by atoms with E-state index in [-0.39, 0.29) is 11.9 Å². The summed E-state index contributed by atoms with van der Waals surface area (Å²) in [4.78, 5) is 17.8. The van der Waals surface area contributed by atoms with Crippen LogP contribution < -0.4 is 5.73 Å². The van der Waals surface area contributed by atoms with Crippen molar-refractivity contribution in [1.82, 2.24) is 9.80 Å². The second kappa shape index (κ2) is 9.02. The lowest BCUT2D eigenvalue weighted by molar-refractivity contribution is 0.0228. The Hall–Kier alpha value is -2.37. The monoisotopic (exact) mass is 367 g/mol. The first-order valence-electron chi connectivity index (χ1n) is 9.55. The Balaban J connectivity index is 1.83. The van der Waals surface area contributed by atoms with Crippen LogP contribution in [0.4, 0.5) is 5.69 Å². The summed E-state index contributed by atoms with van der Waals surface area (Å²) >= 11 is 0. The van der Waals surface area contributed by atoms with Gasteiger partial charge in [-0.15, -0.1) is 0 Å². The number of amides is 1. The van der Waals surface area contributed by atoms with Gasteiger partial charge in [0.1, 0.15) is 0 Å². The molecule has 1 aliphatic rings. The lowest BCUT2D eigenvalue weighted by atomic mass is 10.0. The van der Waals surface area contributed by atoms with E-state index < -0.39 is 0 Å². The molecule has 1 amide bonds. The van der Waals surface area contributed by atoms with Crippen molar-refractivity contribution < 1.29 is 9.53 Å². The van der Waals surface area contributed by atoms with Crippen LogP contribution in [0.5, 0.6) is 0 Å². The van der Waals surface area contributed by atoms with Crippen molar-refractivity contribution in [2.45, 2.75) is 26.4 Å². The summed E-state index contributed by atoms with van der Waals surface area (Å²) in [5.41, 5.74) is 9.32. The highest BCUT2D eigenvalue weighted by Gasteiger charge is 2.25. The maximum atomic E-state index is 13.4. The normalized spacial score (nSPS) is 16.1. The van der Waals surface area contributed by atoms with Gasteiger partial charge >= 0.3 is 0 Å². The van der Waals surface area contributed by atoms with E-state index in [2.05, 4.69) is 24.0 Å². The minimum absolute atomic E-state index is 0.0319. The predicted octanol–water partition coefficient (Wildman–Crippen LogP) is 2.94. The molecule has 3 rings (SSSR count). The second-order valence-electron chi connectivity index (χ2n) is 7.26. The van der Waals surface area contributed by atoms with Gasteiger partial charge < -0.3 is 15.4 Å². The quantitative estimate of drug-likeness (QED) is 0.798. The molecule has 144 valence electrons. The number of hydrogen-bond acceptors (Lipinski definition) is 4. The Morgan fingerprint density at radius 1 is 1.19 bits per heavy atom. The number of nitrogens with zero attached hydrogens (tertiary/aromatic N) is 2. The molecule has 2 N–H and O–H groups in total. The van der Waals surface area contributed by atoms with Gasteiger partial charge in [0.05, 0.1) is 13.2 Å². The molecule has 0 bridgehead atoms. The number of nitrogen functional groups attached to an aromatic ring is 1. The molecule has 1 heterocycles. The van der Waals surface area contributed by atoms with Crippen molar-refractivity contribution >= 4 is 11.6 Å². The Kier molecular flexibility index (Phi) is 6.48. The van der Waals surface area contributed by atoms with Crippen molar-refractivity contribution in [1.29, 1.82) is 0 Å². The second-order valence-corrected chi connectivity index (χ2v) is 7.26. The average molecular weight is 367 g/mol. The van der Waals surface area contributed by atoms with Gasteiger partial charge in [0.15, 0.2) is 0 Å². The molecule has 1 unspecified atom stereocenters. The van der Waals surface area contributed by atoms with Crippen LogP contribution in [0, 0.1) is 6.92 Å². The lowest BCUT2D eigenvalue weighted by Gasteiger charge is -2.35. The average Bonchev–Trinajstić information content (AvgIpc) is 2.69. The fourth-order valence-corrected chi connectivity index (χ4v) is 3.49. The summed E-state index contributed by atoms with van der Waals surface area (Å²) in [6.07, 6.45) is 0. The fourth-order valence-electron chi connectivity index (χ4n) is 3.49. The molecule has 1 aliphatic heterocycles. The summed E-state index contributed by atoms with van der Waals surface area (Å²) in [6.45, 7) is 8.84. The highest BCUT2D eigenvalue weighted by Crippen LogP contribution is 2.19. The van der Waals surface area contributed by atoms with Crippen LogP contribution in [0.25, 0.3) is 0 Å². The number of anilines is 1. The number of carbonyl (C=O) groups excluding carboxylic acids is 1. The molecule has 1 fully saturated rings. The third-order valence-electron chi connectivity index (χ3n) is 5.11. The smallest absolute Gasteiger partial charge is 0.254 e. The van der Waals surface area contributed by atoms with Crippen LogP contribution >= 0.6 is 0 Å². The number of aryl methyl sites for hydroxylation is 1. The number of hydrogen-bond donors (Lipinski definition) is 1. The van der Waals surface area contributed by atoms with Gasteiger partial charge in [-0.3, -0.25) is 9.69 Å². The molecule has 27 heavy (non-hydrogen) atoms. The predicted molar refractivity (Wildman–Crippen MR) is 109 cm³/mol. The first-order valence-corrected chi connectivity index (χ1v) is 9.55. The molecule has 2 aromatic carbocycles. The van der Waals surface area contributed by atoms with Gasteiger partial charge in [-0.1, -0.05) is 36.4 Å². The molecular formula is C22H29N3O2. The highest BCUT2D eigenvalue weighted by atomic mass is 16.5. The molecule has 2 aromatic rings. The topological polar surface area (TPSA) is 58.8 Å². The number of carbonyl (C=O) groups is 1. The Morgan fingerprint density at radius 2 is 1.89 bits per heavy atom. The van der Waals surface area contributed by atoms with Crippen molar-refractivity contribution in [2.24, 2.45) is 0 Å². The molecular weight excluding hydrogens is 338 g/mol. The molecule has 5 heteroatoms. The van der Waals surface area contributed by atoms with E-state index in [4.69, 9.17) is 10.5 Å². The molecule has 1 atom stereocenters. The summed E-state index contributed by atoms with van der Waals surface area (Å²) in [6, 6.07) is 15.8. The van der Waals surface area contributed by atoms with E-state index >= 15 is 0 Å². The van der Waals surface area contributed by atoms with Gasteiger partial charge in [0.2, 0.25) is 0 Å². The first-order chi connectivity index (χ1) is 13.0. The van der Waals surface area contributed by atoms with Gasteiger partial charge in [0.25, 0.3) is 5.91 Å². The minimum atomic E-state index is 0.0319. The Labute approximate surface area is 161 Å². The van der Waals surface area contributed by atoms with E-state index in [0.29, 0.717) is 17.8 Å². The van der Waals surface area contributed by atoms with Crippen LogP contribution in [0.3, 0.4) is 0 Å². The minimum Gasteiger partial charge on any atom is -0.399 e. The van der Waals surface area contributed by atoms with Gasteiger partial charge in [-0.2, -0.15) is 0 Å². The van der Waals surface area contributed by atoms with Gasteiger partial charge in [-0.25, -0.2) is 0 Å². The number of ether oxygens (including phenoxy) is 1. The summed E-state index contributed by atoms with van der Waals surface area (Å²) in [7, 11) is 0. The largest absolute Gasteiger partial charge is 0.399 e. The van der Waals surface area contributed by atoms with Crippen LogP contribution in [-0.4, -0.2) is 54.6 Å². The Bertz CT molecular complexity index is 757. The zero-order chi connectivity index (χ0) is 19.2. The van der Waals surface area contributed by atoms with Crippen LogP contribution in [0.15, 0.2) is 48.5 Å². The molecule has 0 saturated carbocycles. The van der Waals surface area contributed by atoms with Gasteiger partial charge in [-0.05, 0) is 37.1 Å². The van der Waals surface area contributed by atoms with E-state index in [1.807, 2.05) is 42.2 Å². The van der Waals surface area contributed by atoms with Crippen LogP contribution in [-0.2, 0) is 11.3 Å². The maximum absolute atomic E-state index is 13.4. The fraction of sp³-hybridized carbons (Fsp3) is 0.409. The van der Waals surface area contributed by atoms with E-state index in [9.17, 15) is 4.79 Å². The number of nitrogens with two attached hydrogens (primary N) is 1. The molecule has 0 aliphatic carbocycles. The van der Waals surface area contributed by atoms with E-state index in [1.54, 1.807) is 6.07 Å². The number of rotatable bonds is 6. The van der Waals surface area contributed by atoms with E-state index in [1.165, 1.54) is 0 Å². The third kappa shape index (κ3) is 5.08. The van der Waals surface area contributed by atoms with E-state index in [0.717, 1.165) is 44.0 Å². The number of benzene rings is 2. The standard InChI is InChI=1S/C22H29N3O2/c1-17-8-9-20(23)14-21(17)22(26)25(16-19-6-4-3-5-7-19)18(2)15-24-10-12-27-13-11-24/h3-9,14,18H,10-13,15-16,23H2,1-2H3. The molecule has 1 saturated heterocycles. The van der Waals surface area contributed by atoms with Gasteiger partial charge in [0, 0.05) is 43.5 Å². The first kappa shape index (κ1) is 19.4. The lowest BCUT2D eigenvalue weighted by Crippen LogP contribution is -2.48. The molecule has 0 radical (unpaired) electrons. The SMILES string of the molecule is Cc1ccc(N)cc1C(=O)N(Cc1ccccc1)C(C)CN1CCOCC1. The van der Waals surface area contributed by atoms with Crippen LogP contribution in [0.2, 0.25) is 0 Å². The highest BCUT2D eigenvalue weighted by molar-refractivity contribution is 5.96. The van der Waals surface area contributed by atoms with Crippen molar-refractivity contribution in [2.75, 3.05) is 38.6 Å². The van der Waals surface area contributed by atoms with Crippen molar-refractivity contribution in [3.63, 3.8) is 0 Å². The zero-order valence-corrected chi connectivity index (χ0v) is 16.2. The summed E-state index contributed by atoms with van der Waals surface area (Å²) in [5.74, 6) is 0.0319. The van der Waals surface area contributed by atoms with Crippen molar-refractivity contribution in [3.8, 4) is 0 Å². The Morgan fingerprint density at radius 3 is 2.59 bits per heavy atom. The molecule has 0 aromatic heterocycles. The number of morpholine rings is 1. The summed E-state index contributed by atoms with van der Waals surface area (Å²) in [5, 5.41) is 0. The zero-order valence-electron chi connectivity index (χ0n) is 16.2. The van der Waals surface area contributed by atoms with Crippen molar-refractivity contribution in [3.05, 3.63) is 65.2 Å². The molecule has 0 spiro atoms. The third-order valence-corrected chi connectivity index (χ3v) is 5.11. The van der Waals surface area contributed by atoms with Crippen LogP contribution in [0.1, 0.15) is 28.4 Å². The summed E-state index contributed by atoms with van der Waals surface area (Å²) < 4.78 is 5.45. The molecule has 5 nitrogen and oxygen atoms in total. The maximum Gasteiger partial charge on any atom is 0.254 e.